The molecular formula is C14H21N3O2. The zero-order chi connectivity index (χ0) is 14.3. The van der Waals surface area contributed by atoms with Crippen molar-refractivity contribution < 1.29 is 9.59 Å². The molecule has 0 radical (unpaired) electrons. The Labute approximate surface area is 113 Å². The van der Waals surface area contributed by atoms with E-state index in [9.17, 15) is 9.59 Å². The topological polar surface area (TPSA) is 84.2 Å². The second-order valence-corrected chi connectivity index (χ2v) is 4.50. The molecule has 1 aromatic rings. The number of amides is 2. The van der Waals surface area contributed by atoms with Crippen molar-refractivity contribution in [3.8, 4) is 0 Å². The van der Waals surface area contributed by atoms with Crippen LogP contribution in [0, 0.1) is 0 Å². The molecule has 0 aliphatic carbocycles. The number of carbonyl (C=O) groups excluding carboxylic acids is 2. The molecule has 4 N–H and O–H groups in total. The van der Waals surface area contributed by atoms with Crippen LogP contribution in [0.4, 0.5) is 11.4 Å². The predicted molar refractivity (Wildman–Crippen MR) is 76.9 cm³/mol. The SMILES string of the molecule is CCCCC(N)C(=O)Nc1ccc(NC(C)=O)cc1. The molecule has 1 rings (SSSR count). The quantitative estimate of drug-likeness (QED) is 0.734. The first-order chi connectivity index (χ1) is 9.02. The number of rotatable bonds is 6. The molecule has 5 nitrogen and oxygen atoms in total. The number of benzene rings is 1. The fourth-order valence-electron chi connectivity index (χ4n) is 1.63. The molecule has 0 heterocycles. The Balaban J connectivity index is 2.52. The zero-order valence-corrected chi connectivity index (χ0v) is 11.4. The molecule has 0 aliphatic rings. The first-order valence-electron chi connectivity index (χ1n) is 6.47. The van der Waals surface area contributed by atoms with Crippen LogP contribution in [0.25, 0.3) is 0 Å². The maximum absolute atomic E-state index is 11.8. The van der Waals surface area contributed by atoms with Gasteiger partial charge in [0.2, 0.25) is 11.8 Å². The van der Waals surface area contributed by atoms with Crippen LogP contribution in [0.2, 0.25) is 0 Å². The Kier molecular flexibility index (Phi) is 6.02. The Morgan fingerprint density at radius 2 is 1.68 bits per heavy atom. The highest BCUT2D eigenvalue weighted by Crippen LogP contribution is 2.14. The van der Waals surface area contributed by atoms with E-state index in [1.54, 1.807) is 24.3 Å². The summed E-state index contributed by atoms with van der Waals surface area (Å²) in [6.07, 6.45) is 2.65. The molecule has 0 aliphatic heterocycles. The van der Waals surface area contributed by atoms with Crippen LogP contribution in [-0.2, 0) is 9.59 Å². The van der Waals surface area contributed by atoms with Crippen LogP contribution in [-0.4, -0.2) is 17.9 Å². The van der Waals surface area contributed by atoms with Gasteiger partial charge < -0.3 is 16.4 Å². The number of nitrogens with one attached hydrogen (secondary N) is 2. The summed E-state index contributed by atoms with van der Waals surface area (Å²) in [4.78, 5) is 22.6. The molecule has 5 heteroatoms. The average molecular weight is 263 g/mol. The minimum atomic E-state index is -0.477. The van der Waals surface area contributed by atoms with Gasteiger partial charge in [0.15, 0.2) is 0 Å². The van der Waals surface area contributed by atoms with Crippen LogP contribution in [0.1, 0.15) is 33.1 Å². The molecule has 1 atom stereocenters. The summed E-state index contributed by atoms with van der Waals surface area (Å²) in [6, 6.07) is 6.45. The molecule has 0 aromatic heterocycles. The lowest BCUT2D eigenvalue weighted by Gasteiger charge is -2.12. The number of hydrogen-bond donors (Lipinski definition) is 3. The van der Waals surface area contributed by atoms with Crippen LogP contribution in [0.5, 0.6) is 0 Å². The molecular weight excluding hydrogens is 242 g/mol. The maximum atomic E-state index is 11.8. The molecule has 0 fully saturated rings. The second kappa shape index (κ2) is 7.53. The molecule has 0 saturated carbocycles. The summed E-state index contributed by atoms with van der Waals surface area (Å²) in [5, 5.41) is 5.41. The molecule has 104 valence electrons. The number of hydrogen-bond acceptors (Lipinski definition) is 3. The van der Waals surface area contributed by atoms with Gasteiger partial charge in [-0.05, 0) is 30.7 Å². The highest BCUT2D eigenvalue weighted by Gasteiger charge is 2.12. The van der Waals surface area contributed by atoms with Gasteiger partial charge in [-0.15, -0.1) is 0 Å². The van der Waals surface area contributed by atoms with Crippen molar-refractivity contribution in [1.82, 2.24) is 0 Å². The van der Waals surface area contributed by atoms with Crippen molar-refractivity contribution in [2.24, 2.45) is 5.73 Å². The van der Waals surface area contributed by atoms with Gasteiger partial charge >= 0.3 is 0 Å². The van der Waals surface area contributed by atoms with E-state index in [0.29, 0.717) is 17.8 Å². The van der Waals surface area contributed by atoms with Gasteiger partial charge in [-0.2, -0.15) is 0 Å². The summed E-state index contributed by atoms with van der Waals surface area (Å²) in [6.45, 7) is 3.51. The molecule has 0 saturated heterocycles. The lowest BCUT2D eigenvalue weighted by Crippen LogP contribution is -2.35. The van der Waals surface area contributed by atoms with Crippen molar-refractivity contribution in [2.75, 3.05) is 10.6 Å². The van der Waals surface area contributed by atoms with E-state index in [1.165, 1.54) is 6.92 Å². The minimum Gasteiger partial charge on any atom is -0.326 e. The normalized spacial score (nSPS) is 11.7. The summed E-state index contributed by atoms with van der Waals surface area (Å²) < 4.78 is 0. The largest absolute Gasteiger partial charge is 0.326 e. The molecule has 1 unspecified atom stereocenters. The van der Waals surface area contributed by atoms with Crippen molar-refractivity contribution in [3.05, 3.63) is 24.3 Å². The molecule has 0 bridgehead atoms. The van der Waals surface area contributed by atoms with Gasteiger partial charge in [0.05, 0.1) is 6.04 Å². The first-order valence-corrected chi connectivity index (χ1v) is 6.47. The smallest absolute Gasteiger partial charge is 0.241 e. The Morgan fingerprint density at radius 3 is 2.16 bits per heavy atom. The van der Waals surface area contributed by atoms with E-state index in [0.717, 1.165) is 12.8 Å². The number of unbranched alkanes of at least 4 members (excludes halogenated alkanes) is 1. The van der Waals surface area contributed by atoms with Gasteiger partial charge in [0, 0.05) is 18.3 Å². The highest BCUT2D eigenvalue weighted by atomic mass is 16.2. The number of anilines is 2. The lowest BCUT2D eigenvalue weighted by atomic mass is 10.1. The van der Waals surface area contributed by atoms with Gasteiger partial charge in [0.25, 0.3) is 0 Å². The Bertz CT molecular complexity index is 429. The van der Waals surface area contributed by atoms with Crippen LogP contribution >= 0.6 is 0 Å². The minimum absolute atomic E-state index is 0.127. The molecule has 19 heavy (non-hydrogen) atoms. The van der Waals surface area contributed by atoms with E-state index in [2.05, 4.69) is 17.6 Å². The lowest BCUT2D eigenvalue weighted by molar-refractivity contribution is -0.117. The van der Waals surface area contributed by atoms with E-state index in [4.69, 9.17) is 5.73 Å². The van der Waals surface area contributed by atoms with Crippen molar-refractivity contribution >= 4 is 23.2 Å². The standard InChI is InChI=1S/C14H21N3O2/c1-3-4-5-13(15)14(19)17-12-8-6-11(7-9-12)16-10(2)18/h6-9,13H,3-5,15H2,1-2H3,(H,16,18)(H,17,19). The average Bonchev–Trinajstić information content (AvgIpc) is 2.37. The third-order valence-electron chi connectivity index (χ3n) is 2.68. The van der Waals surface area contributed by atoms with Gasteiger partial charge in [-0.3, -0.25) is 9.59 Å². The van der Waals surface area contributed by atoms with E-state index >= 15 is 0 Å². The molecule has 2 amide bonds. The number of nitrogens with two attached hydrogens (primary N) is 1. The second-order valence-electron chi connectivity index (χ2n) is 4.50. The third kappa shape index (κ3) is 5.52. The van der Waals surface area contributed by atoms with E-state index in [-0.39, 0.29) is 11.8 Å². The first kappa shape index (κ1) is 15.2. The highest BCUT2D eigenvalue weighted by molar-refractivity contribution is 5.95. The monoisotopic (exact) mass is 263 g/mol. The van der Waals surface area contributed by atoms with Gasteiger partial charge in [-0.25, -0.2) is 0 Å². The fourth-order valence-corrected chi connectivity index (χ4v) is 1.63. The van der Waals surface area contributed by atoms with E-state index < -0.39 is 6.04 Å². The van der Waals surface area contributed by atoms with Gasteiger partial charge in [-0.1, -0.05) is 19.8 Å². The van der Waals surface area contributed by atoms with E-state index in [1.807, 2.05) is 0 Å². The maximum Gasteiger partial charge on any atom is 0.241 e. The third-order valence-corrected chi connectivity index (χ3v) is 2.68. The van der Waals surface area contributed by atoms with Crippen molar-refractivity contribution in [3.63, 3.8) is 0 Å². The zero-order valence-electron chi connectivity index (χ0n) is 11.4. The van der Waals surface area contributed by atoms with Crippen LogP contribution in [0.15, 0.2) is 24.3 Å². The van der Waals surface area contributed by atoms with Crippen molar-refractivity contribution in [2.45, 2.75) is 39.2 Å². The molecule has 1 aromatic carbocycles. The molecule has 0 spiro atoms. The van der Waals surface area contributed by atoms with Gasteiger partial charge in [0.1, 0.15) is 0 Å². The number of carbonyl (C=O) groups is 2. The Hall–Kier alpha value is -1.88. The fraction of sp³-hybridized carbons (Fsp3) is 0.429. The summed E-state index contributed by atoms with van der Waals surface area (Å²) >= 11 is 0. The summed E-state index contributed by atoms with van der Waals surface area (Å²) in [7, 11) is 0. The predicted octanol–water partition coefficient (Wildman–Crippen LogP) is 2.10. The summed E-state index contributed by atoms with van der Waals surface area (Å²) in [5.41, 5.74) is 7.15. The van der Waals surface area contributed by atoms with Crippen LogP contribution < -0.4 is 16.4 Å². The van der Waals surface area contributed by atoms with Crippen LogP contribution in [0.3, 0.4) is 0 Å². The summed E-state index contributed by atoms with van der Waals surface area (Å²) in [5.74, 6) is -0.306. The Morgan fingerprint density at radius 1 is 1.16 bits per heavy atom. The van der Waals surface area contributed by atoms with Crippen molar-refractivity contribution in [1.29, 1.82) is 0 Å².